The maximum Gasteiger partial charge on any atom is 0.0670 e. The van der Waals surface area contributed by atoms with Crippen LogP contribution in [0.4, 0.5) is 0 Å². The van der Waals surface area contributed by atoms with Crippen LogP contribution in [0.2, 0.25) is 0 Å². The minimum Gasteiger partial charge on any atom is -0.392 e. The van der Waals surface area contributed by atoms with Crippen molar-refractivity contribution >= 4 is 9.39 Å². The van der Waals surface area contributed by atoms with Crippen LogP contribution >= 0.6 is 9.39 Å². The van der Waals surface area contributed by atoms with Crippen molar-refractivity contribution in [3.05, 3.63) is 0 Å². The molecule has 1 unspecified atom stereocenters. The van der Waals surface area contributed by atoms with E-state index in [0.29, 0.717) is 0 Å². The molecule has 0 saturated carbocycles. The van der Waals surface area contributed by atoms with Gasteiger partial charge in [0, 0.05) is 13.1 Å². The predicted molar refractivity (Wildman–Crippen MR) is 36.5 cm³/mol. The molecule has 2 nitrogen and oxygen atoms in total. The van der Waals surface area contributed by atoms with Gasteiger partial charge in [-0.15, -0.1) is 0 Å². The van der Waals surface area contributed by atoms with Gasteiger partial charge < -0.3 is 5.11 Å². The molecule has 0 aromatic rings. The van der Waals surface area contributed by atoms with Crippen LogP contribution in [0.1, 0.15) is 12.8 Å². The van der Waals surface area contributed by atoms with Gasteiger partial charge in [-0.25, -0.2) is 0 Å². The third kappa shape index (κ3) is 1.70. The van der Waals surface area contributed by atoms with Crippen LogP contribution in [0.3, 0.4) is 0 Å². The van der Waals surface area contributed by atoms with Gasteiger partial charge >= 0.3 is 0 Å². The number of piperidine rings is 1. The van der Waals surface area contributed by atoms with Crippen LogP contribution in [-0.4, -0.2) is 29.0 Å². The lowest BCUT2D eigenvalue weighted by Gasteiger charge is -2.25. The Morgan fingerprint density at radius 3 is 2.75 bits per heavy atom. The van der Waals surface area contributed by atoms with Crippen molar-refractivity contribution in [3.8, 4) is 0 Å². The van der Waals surface area contributed by atoms with E-state index >= 15 is 0 Å². The van der Waals surface area contributed by atoms with Gasteiger partial charge in [0.25, 0.3) is 0 Å². The van der Waals surface area contributed by atoms with E-state index in [-0.39, 0.29) is 6.10 Å². The lowest BCUT2D eigenvalue weighted by Crippen LogP contribution is -2.31. The van der Waals surface area contributed by atoms with E-state index in [1.54, 1.807) is 0 Å². The van der Waals surface area contributed by atoms with Crippen molar-refractivity contribution in [2.24, 2.45) is 0 Å². The van der Waals surface area contributed by atoms with Crippen LogP contribution in [-0.2, 0) is 0 Å². The van der Waals surface area contributed by atoms with Gasteiger partial charge in [-0.2, -0.15) is 0 Å². The maximum atomic E-state index is 9.02. The van der Waals surface area contributed by atoms with Crippen molar-refractivity contribution in [1.29, 1.82) is 0 Å². The molecule has 0 spiro atoms. The van der Waals surface area contributed by atoms with Crippen LogP contribution in [0.5, 0.6) is 0 Å². The molecule has 1 fully saturated rings. The Hall–Kier alpha value is 0.350. The quantitative estimate of drug-likeness (QED) is 0.478. The first-order valence-corrected chi connectivity index (χ1v) is 3.48. The molecule has 2 atom stereocenters. The topological polar surface area (TPSA) is 23.5 Å². The van der Waals surface area contributed by atoms with Gasteiger partial charge in [-0.05, 0) is 12.8 Å². The van der Waals surface area contributed by atoms with Crippen LogP contribution in [0, 0.1) is 0 Å². The van der Waals surface area contributed by atoms with Crippen LogP contribution in [0.15, 0.2) is 0 Å². The number of aliphatic hydroxyl groups excluding tert-OH is 1. The van der Waals surface area contributed by atoms with Crippen molar-refractivity contribution < 1.29 is 5.11 Å². The number of rotatable bonds is 0. The zero-order chi connectivity index (χ0) is 5.98. The molecule has 1 saturated heterocycles. The van der Waals surface area contributed by atoms with Crippen LogP contribution in [0.25, 0.3) is 0 Å². The highest BCUT2D eigenvalue weighted by molar-refractivity contribution is 7.13. The summed E-state index contributed by atoms with van der Waals surface area (Å²) in [5, 5.41) is 9.02. The van der Waals surface area contributed by atoms with Crippen molar-refractivity contribution in [2.75, 3.05) is 13.1 Å². The molecule has 8 heavy (non-hydrogen) atoms. The van der Waals surface area contributed by atoms with E-state index in [9.17, 15) is 0 Å². The minimum absolute atomic E-state index is 0.0822. The summed E-state index contributed by atoms with van der Waals surface area (Å²) < 4.78 is 2.08. The molecule has 1 heterocycles. The molecule has 1 aliphatic heterocycles. The SMILES string of the molecule is O[C@@H]1CCCN(P)C1. The highest BCUT2D eigenvalue weighted by Crippen LogP contribution is 2.12. The monoisotopic (exact) mass is 133 g/mol. The molecule has 0 radical (unpaired) electrons. The standard InChI is InChI=1S/C5H12NOP/c7-5-2-1-3-6(8)4-5/h5,7H,1-4,8H2/t5-/m1/s1. The number of aliphatic hydroxyl groups is 1. The van der Waals surface area contributed by atoms with Crippen LogP contribution < -0.4 is 0 Å². The first kappa shape index (κ1) is 6.47. The average Bonchev–Trinajstić information content (AvgIpc) is 1.64. The Morgan fingerprint density at radius 2 is 2.38 bits per heavy atom. The summed E-state index contributed by atoms with van der Waals surface area (Å²) in [7, 11) is 2.60. The highest BCUT2D eigenvalue weighted by atomic mass is 31.0. The Morgan fingerprint density at radius 1 is 1.62 bits per heavy atom. The Balaban J connectivity index is 2.23. The summed E-state index contributed by atoms with van der Waals surface area (Å²) in [5.74, 6) is 0. The van der Waals surface area contributed by atoms with Gasteiger partial charge in [-0.3, -0.25) is 4.67 Å². The molecule has 3 heteroatoms. The molecule has 1 N–H and O–H groups in total. The molecule has 0 aliphatic carbocycles. The number of hydrogen-bond donors (Lipinski definition) is 1. The molecule has 0 bridgehead atoms. The zero-order valence-corrected chi connectivity index (χ0v) is 6.03. The molecule has 0 aromatic heterocycles. The van der Waals surface area contributed by atoms with E-state index < -0.39 is 0 Å². The van der Waals surface area contributed by atoms with Gasteiger partial charge in [0.05, 0.1) is 6.10 Å². The Labute approximate surface area is 52.1 Å². The second-order valence-corrected chi connectivity index (χ2v) is 3.02. The van der Waals surface area contributed by atoms with Crippen molar-refractivity contribution in [1.82, 2.24) is 4.67 Å². The van der Waals surface area contributed by atoms with E-state index in [0.717, 1.165) is 25.9 Å². The Bertz CT molecular complexity index is 70.8. The summed E-state index contributed by atoms with van der Waals surface area (Å²) in [5.41, 5.74) is 0. The second-order valence-electron chi connectivity index (χ2n) is 2.29. The van der Waals surface area contributed by atoms with E-state index in [1.807, 2.05) is 0 Å². The summed E-state index contributed by atoms with van der Waals surface area (Å²) in [6.07, 6.45) is 2.02. The van der Waals surface area contributed by atoms with Gasteiger partial charge in [0.15, 0.2) is 0 Å². The number of β-amino-alcohol motifs (C(OH)–C–C–N with tert-alkyl or cyclic N) is 1. The molecular formula is C5H12NOP. The third-order valence-electron chi connectivity index (χ3n) is 1.43. The summed E-state index contributed by atoms with van der Waals surface area (Å²) in [4.78, 5) is 0. The highest BCUT2D eigenvalue weighted by Gasteiger charge is 2.12. The van der Waals surface area contributed by atoms with E-state index in [2.05, 4.69) is 14.1 Å². The minimum atomic E-state index is -0.0822. The molecular weight excluding hydrogens is 121 g/mol. The molecule has 1 aliphatic rings. The normalized spacial score (nSPS) is 33.0. The molecule has 0 amide bonds. The maximum absolute atomic E-state index is 9.02. The fraction of sp³-hybridized carbons (Fsp3) is 1.00. The summed E-state index contributed by atoms with van der Waals surface area (Å²) >= 11 is 0. The van der Waals surface area contributed by atoms with Crippen molar-refractivity contribution in [3.63, 3.8) is 0 Å². The predicted octanol–water partition coefficient (Wildman–Crippen LogP) is 0.233. The lowest BCUT2D eigenvalue weighted by molar-refractivity contribution is 0.112. The summed E-state index contributed by atoms with van der Waals surface area (Å²) in [6.45, 7) is 1.94. The second kappa shape index (κ2) is 2.77. The first-order chi connectivity index (χ1) is 3.79. The number of hydrogen-bond acceptors (Lipinski definition) is 2. The average molecular weight is 133 g/mol. The zero-order valence-electron chi connectivity index (χ0n) is 4.88. The van der Waals surface area contributed by atoms with E-state index in [4.69, 9.17) is 5.11 Å². The fourth-order valence-electron chi connectivity index (χ4n) is 0.983. The van der Waals surface area contributed by atoms with E-state index in [1.165, 1.54) is 0 Å². The lowest BCUT2D eigenvalue weighted by atomic mass is 10.1. The van der Waals surface area contributed by atoms with Gasteiger partial charge in [-0.1, -0.05) is 9.39 Å². The first-order valence-electron chi connectivity index (χ1n) is 2.97. The van der Waals surface area contributed by atoms with Gasteiger partial charge in [0.2, 0.25) is 0 Å². The largest absolute Gasteiger partial charge is 0.392 e. The third-order valence-corrected chi connectivity index (χ3v) is 1.90. The molecule has 0 aromatic carbocycles. The molecule has 48 valence electrons. The molecule has 1 rings (SSSR count). The van der Waals surface area contributed by atoms with Crippen molar-refractivity contribution in [2.45, 2.75) is 18.9 Å². The fourth-order valence-corrected chi connectivity index (χ4v) is 1.41. The Kier molecular flexibility index (Phi) is 2.24. The smallest absolute Gasteiger partial charge is 0.0670 e. The summed E-state index contributed by atoms with van der Waals surface area (Å²) in [6, 6.07) is 0. The number of nitrogens with zero attached hydrogens (tertiary/aromatic N) is 1. The van der Waals surface area contributed by atoms with Gasteiger partial charge in [0.1, 0.15) is 0 Å².